The number of aliphatic carboxylic acids is 1. The van der Waals surface area contributed by atoms with Gasteiger partial charge >= 0.3 is 5.97 Å². The van der Waals surface area contributed by atoms with Crippen molar-refractivity contribution in [3.63, 3.8) is 0 Å². The average molecular weight is 254 g/mol. The van der Waals surface area contributed by atoms with E-state index >= 15 is 0 Å². The first-order valence-electron chi connectivity index (χ1n) is 5.56. The van der Waals surface area contributed by atoms with E-state index < -0.39 is 12.0 Å². The second-order valence-corrected chi connectivity index (χ2v) is 5.33. The van der Waals surface area contributed by atoms with Crippen LogP contribution in [0.5, 0.6) is 0 Å². The van der Waals surface area contributed by atoms with Gasteiger partial charge in [-0.3, -0.25) is 4.79 Å². The Hall–Kier alpha value is -1.43. The maximum absolute atomic E-state index is 12.2. The van der Waals surface area contributed by atoms with Crippen LogP contribution in [0.3, 0.4) is 0 Å². The van der Waals surface area contributed by atoms with Crippen LogP contribution in [0.15, 0.2) is 6.20 Å². The van der Waals surface area contributed by atoms with Crippen LogP contribution in [0.4, 0.5) is 0 Å². The molecule has 6 heteroatoms. The molecule has 0 bridgehead atoms. The number of rotatable bonds is 2. The highest BCUT2D eigenvalue weighted by molar-refractivity contribution is 7.13. The van der Waals surface area contributed by atoms with Crippen molar-refractivity contribution in [3.8, 4) is 0 Å². The van der Waals surface area contributed by atoms with Crippen molar-refractivity contribution < 1.29 is 14.7 Å². The second-order valence-electron chi connectivity index (χ2n) is 4.09. The van der Waals surface area contributed by atoms with Gasteiger partial charge in [-0.2, -0.15) is 0 Å². The molecule has 0 spiro atoms. The van der Waals surface area contributed by atoms with Crippen LogP contribution in [0.2, 0.25) is 0 Å². The van der Waals surface area contributed by atoms with E-state index in [1.54, 1.807) is 0 Å². The van der Waals surface area contributed by atoms with E-state index in [-0.39, 0.29) is 5.91 Å². The third kappa shape index (κ3) is 2.46. The monoisotopic (exact) mass is 254 g/mol. The Morgan fingerprint density at radius 2 is 2.29 bits per heavy atom. The van der Waals surface area contributed by atoms with Crippen LogP contribution < -0.4 is 0 Å². The highest BCUT2D eigenvalue weighted by Gasteiger charge is 2.33. The molecular weight excluding hydrogens is 240 g/mol. The van der Waals surface area contributed by atoms with Gasteiger partial charge in [-0.1, -0.05) is 0 Å². The molecule has 1 saturated heterocycles. The average Bonchev–Trinajstić information content (AvgIpc) is 2.75. The molecule has 0 aromatic carbocycles. The molecule has 2 rings (SSSR count). The van der Waals surface area contributed by atoms with Crippen molar-refractivity contribution in [2.75, 3.05) is 6.54 Å². The minimum atomic E-state index is -0.917. The first kappa shape index (κ1) is 12.0. The summed E-state index contributed by atoms with van der Waals surface area (Å²) < 4.78 is 0. The molecule has 92 valence electrons. The lowest BCUT2D eigenvalue weighted by Crippen LogP contribution is -2.47. The van der Waals surface area contributed by atoms with E-state index in [1.807, 2.05) is 6.92 Å². The standard InChI is InChI=1S/C11H14N2O3S/c1-7-12-6-9(17-7)10(14)13-5-3-2-4-8(13)11(15)16/h6,8H,2-5H2,1H3,(H,15,16)/t8-/m1/s1. The Morgan fingerprint density at radius 3 is 2.88 bits per heavy atom. The van der Waals surface area contributed by atoms with E-state index in [0.29, 0.717) is 17.8 Å². The molecule has 0 saturated carbocycles. The van der Waals surface area contributed by atoms with Crippen LogP contribution in [0.1, 0.15) is 33.9 Å². The quantitative estimate of drug-likeness (QED) is 0.869. The van der Waals surface area contributed by atoms with Crippen molar-refractivity contribution in [3.05, 3.63) is 16.1 Å². The molecule has 5 nitrogen and oxygen atoms in total. The molecule has 0 unspecified atom stereocenters. The van der Waals surface area contributed by atoms with Gasteiger partial charge in [0.2, 0.25) is 0 Å². The zero-order valence-corrected chi connectivity index (χ0v) is 10.4. The summed E-state index contributed by atoms with van der Waals surface area (Å²) in [6.07, 6.45) is 3.80. The molecule has 1 aliphatic heterocycles. The summed E-state index contributed by atoms with van der Waals surface area (Å²) in [5.74, 6) is -1.12. The van der Waals surface area contributed by atoms with Gasteiger partial charge in [-0.25, -0.2) is 9.78 Å². The van der Waals surface area contributed by atoms with Crippen molar-refractivity contribution in [1.82, 2.24) is 9.88 Å². The number of carboxylic acid groups (broad SMARTS) is 1. The summed E-state index contributed by atoms with van der Waals surface area (Å²) in [6, 6.07) is -0.682. The number of carbonyl (C=O) groups is 2. The van der Waals surface area contributed by atoms with E-state index in [4.69, 9.17) is 5.11 Å². The highest BCUT2D eigenvalue weighted by Crippen LogP contribution is 2.22. The number of carbonyl (C=O) groups excluding carboxylic acids is 1. The number of thiazole rings is 1. The van der Waals surface area contributed by atoms with Gasteiger partial charge < -0.3 is 10.0 Å². The molecule has 1 aliphatic rings. The fraction of sp³-hybridized carbons (Fsp3) is 0.545. The summed E-state index contributed by atoms with van der Waals surface area (Å²) in [4.78, 5) is 29.3. The SMILES string of the molecule is Cc1ncc(C(=O)N2CCCC[C@@H]2C(=O)O)s1. The van der Waals surface area contributed by atoms with Crippen LogP contribution in [-0.4, -0.2) is 39.5 Å². The lowest BCUT2D eigenvalue weighted by atomic mass is 10.0. The fourth-order valence-electron chi connectivity index (χ4n) is 2.03. The zero-order valence-electron chi connectivity index (χ0n) is 9.55. The number of aryl methyl sites for hydroxylation is 1. The second kappa shape index (κ2) is 4.83. The van der Waals surface area contributed by atoms with Crippen LogP contribution in [-0.2, 0) is 4.79 Å². The molecule has 1 atom stereocenters. The zero-order chi connectivity index (χ0) is 12.4. The molecular formula is C11H14N2O3S. The predicted molar refractivity (Wildman–Crippen MR) is 63.2 cm³/mol. The first-order valence-corrected chi connectivity index (χ1v) is 6.37. The highest BCUT2D eigenvalue weighted by atomic mass is 32.1. The third-order valence-electron chi connectivity index (χ3n) is 2.88. The Morgan fingerprint density at radius 1 is 1.53 bits per heavy atom. The lowest BCUT2D eigenvalue weighted by Gasteiger charge is -2.32. The molecule has 0 aliphatic carbocycles. The van der Waals surface area contributed by atoms with Gasteiger partial charge in [0.25, 0.3) is 5.91 Å². The first-order chi connectivity index (χ1) is 8.09. The summed E-state index contributed by atoms with van der Waals surface area (Å²) >= 11 is 1.31. The normalized spacial score (nSPS) is 20.3. The largest absolute Gasteiger partial charge is 0.480 e. The van der Waals surface area contributed by atoms with Crippen LogP contribution in [0.25, 0.3) is 0 Å². The summed E-state index contributed by atoms with van der Waals surface area (Å²) in [7, 11) is 0. The van der Waals surface area contributed by atoms with Gasteiger partial charge in [-0.15, -0.1) is 11.3 Å². The summed E-state index contributed by atoms with van der Waals surface area (Å²) in [5.41, 5.74) is 0. The fourth-order valence-corrected chi connectivity index (χ4v) is 2.77. The van der Waals surface area contributed by atoms with Gasteiger partial charge in [0, 0.05) is 6.54 Å². The lowest BCUT2D eigenvalue weighted by molar-refractivity contribution is -0.143. The number of nitrogens with zero attached hydrogens (tertiary/aromatic N) is 2. The molecule has 1 aromatic rings. The van der Waals surface area contributed by atoms with Crippen molar-refractivity contribution in [2.24, 2.45) is 0 Å². The number of aromatic nitrogens is 1. The number of amides is 1. The minimum Gasteiger partial charge on any atom is -0.480 e. The van der Waals surface area contributed by atoms with E-state index in [1.165, 1.54) is 22.4 Å². The number of carboxylic acids is 1. The molecule has 17 heavy (non-hydrogen) atoms. The number of hydrogen-bond donors (Lipinski definition) is 1. The van der Waals surface area contributed by atoms with Gasteiger partial charge in [-0.05, 0) is 26.2 Å². The van der Waals surface area contributed by atoms with Crippen molar-refractivity contribution >= 4 is 23.2 Å². The molecule has 1 amide bonds. The minimum absolute atomic E-state index is 0.206. The Bertz CT molecular complexity index is 444. The molecule has 0 radical (unpaired) electrons. The third-order valence-corrected chi connectivity index (χ3v) is 3.78. The number of piperidine rings is 1. The Balaban J connectivity index is 2.19. The maximum atomic E-state index is 12.2. The number of hydrogen-bond acceptors (Lipinski definition) is 4. The van der Waals surface area contributed by atoms with Crippen molar-refractivity contribution in [1.29, 1.82) is 0 Å². The molecule has 1 fully saturated rings. The summed E-state index contributed by atoms with van der Waals surface area (Å²) in [5, 5.41) is 9.92. The summed E-state index contributed by atoms with van der Waals surface area (Å²) in [6.45, 7) is 2.35. The van der Waals surface area contributed by atoms with Gasteiger partial charge in [0.05, 0.1) is 11.2 Å². The van der Waals surface area contributed by atoms with Crippen molar-refractivity contribution in [2.45, 2.75) is 32.2 Å². The van der Waals surface area contributed by atoms with E-state index in [0.717, 1.165) is 17.8 Å². The Kier molecular flexibility index (Phi) is 3.42. The topological polar surface area (TPSA) is 70.5 Å². The van der Waals surface area contributed by atoms with E-state index in [9.17, 15) is 9.59 Å². The molecule has 2 heterocycles. The van der Waals surface area contributed by atoms with Crippen LogP contribution in [0, 0.1) is 6.92 Å². The number of likely N-dealkylation sites (tertiary alicyclic amines) is 1. The predicted octanol–water partition coefficient (Wildman–Crippen LogP) is 1.53. The molecule has 1 N–H and O–H groups in total. The molecule has 1 aromatic heterocycles. The maximum Gasteiger partial charge on any atom is 0.326 e. The smallest absolute Gasteiger partial charge is 0.326 e. The Labute approximate surface area is 103 Å². The van der Waals surface area contributed by atoms with E-state index in [2.05, 4.69) is 4.98 Å². The van der Waals surface area contributed by atoms with Crippen LogP contribution >= 0.6 is 11.3 Å². The van der Waals surface area contributed by atoms with Gasteiger partial charge in [0.15, 0.2) is 0 Å². The van der Waals surface area contributed by atoms with Gasteiger partial charge in [0.1, 0.15) is 10.9 Å².